The zero-order chi connectivity index (χ0) is 26.6. The highest BCUT2D eigenvalue weighted by molar-refractivity contribution is 7.88. The summed E-state index contributed by atoms with van der Waals surface area (Å²) in [6, 6.07) is 12.2. The monoisotopic (exact) mass is 535 g/mol. The zero-order valence-corrected chi connectivity index (χ0v) is 21.1. The molecule has 0 saturated heterocycles. The van der Waals surface area contributed by atoms with Crippen molar-refractivity contribution in [1.82, 2.24) is 15.2 Å². The average molecular weight is 536 g/mol. The van der Waals surface area contributed by atoms with E-state index in [9.17, 15) is 26.4 Å². The van der Waals surface area contributed by atoms with E-state index < -0.39 is 15.6 Å². The summed E-state index contributed by atoms with van der Waals surface area (Å²) in [6.45, 7) is 4.56. The Kier molecular flexibility index (Phi) is 7.93. The lowest BCUT2D eigenvalue weighted by molar-refractivity contribution is -0.116. The van der Waals surface area contributed by atoms with Crippen molar-refractivity contribution in [1.29, 1.82) is 0 Å². The van der Waals surface area contributed by atoms with Gasteiger partial charge in [0, 0.05) is 42.3 Å². The molecule has 1 aromatic heterocycles. The number of benzene rings is 2. The van der Waals surface area contributed by atoms with E-state index in [2.05, 4.69) is 19.4 Å². The first kappa shape index (κ1) is 26.7. The number of hydrogen-bond acceptors (Lipinski definition) is 5. The van der Waals surface area contributed by atoms with Crippen molar-refractivity contribution < 1.29 is 30.6 Å². The molecule has 198 valence electrons. The summed E-state index contributed by atoms with van der Waals surface area (Å²) in [6.07, 6.45) is 5.54. The summed E-state index contributed by atoms with van der Waals surface area (Å²) in [4.78, 5) is 17.6. The van der Waals surface area contributed by atoms with Crippen molar-refractivity contribution in [3.05, 3.63) is 70.9 Å². The summed E-state index contributed by atoms with van der Waals surface area (Å²) in [5, 5.41) is 3.96. The number of para-hydroxylation sites is 1. The molecule has 4 rings (SSSR count). The minimum Gasteiger partial charge on any atom is -0.376 e. The van der Waals surface area contributed by atoms with Gasteiger partial charge in [-0.15, -0.1) is 0 Å². The van der Waals surface area contributed by atoms with Crippen LogP contribution in [-0.4, -0.2) is 49.4 Å². The minimum absolute atomic E-state index is 0.177. The van der Waals surface area contributed by atoms with Crippen molar-refractivity contribution in [2.24, 2.45) is 0 Å². The van der Waals surface area contributed by atoms with Crippen LogP contribution in [0.4, 0.5) is 13.2 Å². The first-order valence-electron chi connectivity index (χ1n) is 11.9. The number of aromatic amines is 1. The van der Waals surface area contributed by atoms with Gasteiger partial charge < -0.3 is 14.5 Å². The first-order chi connectivity index (χ1) is 17.5. The highest BCUT2D eigenvalue weighted by atomic mass is 32.2. The Morgan fingerprint density at radius 2 is 1.97 bits per heavy atom. The second-order valence-corrected chi connectivity index (χ2v) is 10.6. The number of aromatic nitrogens is 1. The number of fused-ring (bicyclic) bond motifs is 2. The van der Waals surface area contributed by atoms with E-state index in [4.69, 9.17) is 0 Å². The number of alkyl halides is 3. The molecule has 0 bridgehead atoms. The normalized spacial score (nSPS) is 14.7. The van der Waals surface area contributed by atoms with Crippen molar-refractivity contribution in [2.75, 3.05) is 19.6 Å². The van der Waals surface area contributed by atoms with E-state index in [0.29, 0.717) is 19.5 Å². The van der Waals surface area contributed by atoms with Gasteiger partial charge in [-0.05, 0) is 73.7 Å². The number of carbonyl (C=O) groups excluding carboxylic acids is 1. The number of unbranched alkanes of at least 4 members (excludes halogenated alkanes) is 1. The number of carbonyl (C=O) groups is 1. The van der Waals surface area contributed by atoms with Gasteiger partial charge in [0.15, 0.2) is 0 Å². The number of hydrogen-bond donors (Lipinski definition) is 2. The smallest absolute Gasteiger partial charge is 0.376 e. The highest BCUT2D eigenvalue weighted by Gasteiger charge is 2.48. The number of rotatable bonds is 9. The van der Waals surface area contributed by atoms with E-state index in [1.54, 1.807) is 12.1 Å². The number of aryl methyl sites for hydroxylation is 1. The standard InChI is InChI=1S/C26H28F3N3O4S/c1-18-5-4-6-20-15-22(31-25(18)20)8-10-24(33)30-12-2-3-13-32-14-11-19-7-9-23(16-21(19)17-32)36-37(34,35)26(27,28)29/h4-10,15-16,31H,2-3,11-14,17H2,1H3,(H,30,33). The van der Waals surface area contributed by atoms with E-state index in [-0.39, 0.29) is 11.7 Å². The third-order valence-electron chi connectivity index (χ3n) is 6.26. The largest absolute Gasteiger partial charge is 0.534 e. The second kappa shape index (κ2) is 11.0. The molecule has 1 aliphatic heterocycles. The van der Waals surface area contributed by atoms with Gasteiger partial charge in [-0.2, -0.15) is 21.6 Å². The molecule has 0 saturated carbocycles. The van der Waals surface area contributed by atoms with Crippen molar-refractivity contribution in [3.63, 3.8) is 0 Å². The molecule has 2 aromatic carbocycles. The van der Waals surface area contributed by atoms with Crippen LogP contribution in [0.1, 0.15) is 35.2 Å². The summed E-state index contributed by atoms with van der Waals surface area (Å²) < 4.78 is 64.6. The van der Waals surface area contributed by atoms with Crippen molar-refractivity contribution in [2.45, 2.75) is 38.2 Å². The molecule has 1 amide bonds. The lowest BCUT2D eigenvalue weighted by Gasteiger charge is -2.29. The zero-order valence-electron chi connectivity index (χ0n) is 20.3. The molecule has 0 unspecified atom stereocenters. The maximum atomic E-state index is 12.6. The number of nitrogens with one attached hydrogen (secondary N) is 2. The minimum atomic E-state index is -5.70. The van der Waals surface area contributed by atoms with Gasteiger partial charge in [-0.25, -0.2) is 0 Å². The molecule has 0 aliphatic carbocycles. The lowest BCUT2D eigenvalue weighted by Crippen LogP contribution is -2.32. The summed E-state index contributed by atoms with van der Waals surface area (Å²) in [5.74, 6) is -0.528. The topological polar surface area (TPSA) is 91.5 Å². The van der Waals surface area contributed by atoms with Crippen LogP contribution in [-0.2, 0) is 27.9 Å². The van der Waals surface area contributed by atoms with Gasteiger partial charge in [-0.3, -0.25) is 9.69 Å². The first-order valence-corrected chi connectivity index (χ1v) is 13.3. The molecular weight excluding hydrogens is 507 g/mol. The Morgan fingerprint density at radius 3 is 2.73 bits per heavy atom. The Morgan fingerprint density at radius 1 is 1.16 bits per heavy atom. The highest BCUT2D eigenvalue weighted by Crippen LogP contribution is 2.29. The molecule has 37 heavy (non-hydrogen) atoms. The maximum Gasteiger partial charge on any atom is 0.534 e. The SMILES string of the molecule is Cc1cccc2cc(C=CC(=O)NCCCCN3CCc4ccc(OS(=O)(=O)C(F)(F)F)cc4C3)[nH]c12. The lowest BCUT2D eigenvalue weighted by atomic mass is 9.99. The van der Waals surface area contributed by atoms with E-state index >= 15 is 0 Å². The number of halogens is 3. The molecular formula is C26H28F3N3O4S. The Labute approximate surface area is 213 Å². The van der Waals surface area contributed by atoms with Crippen LogP contribution in [0.25, 0.3) is 17.0 Å². The van der Waals surface area contributed by atoms with Crippen molar-refractivity contribution >= 4 is 33.0 Å². The predicted molar refractivity (Wildman–Crippen MR) is 135 cm³/mol. The molecule has 2 N–H and O–H groups in total. The van der Waals surface area contributed by atoms with Gasteiger partial charge in [0.25, 0.3) is 0 Å². The van der Waals surface area contributed by atoms with Gasteiger partial charge in [0.05, 0.1) is 0 Å². The third-order valence-corrected chi connectivity index (χ3v) is 7.24. The molecule has 0 spiro atoms. The molecule has 11 heteroatoms. The van der Waals surface area contributed by atoms with Crippen LogP contribution in [0.5, 0.6) is 5.75 Å². The molecule has 3 aromatic rings. The van der Waals surface area contributed by atoms with Crippen LogP contribution in [0, 0.1) is 6.92 Å². The van der Waals surface area contributed by atoms with Crippen LogP contribution in [0.2, 0.25) is 0 Å². The molecule has 2 heterocycles. The maximum absolute atomic E-state index is 12.6. The van der Waals surface area contributed by atoms with Crippen LogP contribution >= 0.6 is 0 Å². The van der Waals surface area contributed by atoms with E-state index in [1.807, 2.05) is 31.2 Å². The van der Waals surface area contributed by atoms with E-state index in [1.165, 1.54) is 18.2 Å². The van der Waals surface area contributed by atoms with E-state index in [0.717, 1.165) is 59.2 Å². The molecule has 0 radical (unpaired) electrons. The fourth-order valence-electron chi connectivity index (χ4n) is 4.32. The van der Waals surface area contributed by atoms with Gasteiger partial charge in [0.1, 0.15) is 5.75 Å². The molecule has 7 nitrogen and oxygen atoms in total. The third kappa shape index (κ3) is 6.72. The second-order valence-electron chi connectivity index (χ2n) is 9.04. The van der Waals surface area contributed by atoms with Gasteiger partial charge in [-0.1, -0.05) is 24.3 Å². The van der Waals surface area contributed by atoms with Gasteiger partial charge >= 0.3 is 15.6 Å². The fourth-order valence-corrected chi connectivity index (χ4v) is 4.78. The van der Waals surface area contributed by atoms with Gasteiger partial charge in [0.2, 0.25) is 5.91 Å². The molecule has 1 aliphatic rings. The molecule has 0 fully saturated rings. The quantitative estimate of drug-likeness (QED) is 0.180. The van der Waals surface area contributed by atoms with Crippen molar-refractivity contribution in [3.8, 4) is 5.75 Å². The van der Waals surface area contributed by atoms with Crippen LogP contribution < -0.4 is 9.50 Å². The average Bonchev–Trinajstić information content (AvgIpc) is 3.26. The number of H-pyrrole nitrogens is 1. The predicted octanol–water partition coefficient (Wildman–Crippen LogP) is 4.67. The summed E-state index contributed by atoms with van der Waals surface area (Å²) in [5.41, 5.74) is -0.728. The Balaban J connectivity index is 1.20. The van der Waals surface area contributed by atoms with Crippen LogP contribution in [0.3, 0.4) is 0 Å². The number of amides is 1. The summed E-state index contributed by atoms with van der Waals surface area (Å²) >= 11 is 0. The summed E-state index contributed by atoms with van der Waals surface area (Å²) in [7, 11) is -5.70. The number of nitrogens with zero attached hydrogens (tertiary/aromatic N) is 1. The van der Waals surface area contributed by atoms with Crippen LogP contribution in [0.15, 0.2) is 48.5 Å². The Bertz CT molecular complexity index is 1410. The Hall–Kier alpha value is -3.31. The molecule has 0 atom stereocenters. The fraction of sp³-hybridized carbons (Fsp3) is 0.346.